The van der Waals surface area contributed by atoms with Crippen molar-refractivity contribution in [2.45, 2.75) is 31.8 Å². The fourth-order valence-corrected chi connectivity index (χ4v) is 3.48. The average molecular weight is 262 g/mol. The van der Waals surface area contributed by atoms with Gasteiger partial charge in [0, 0.05) is 6.61 Å². The summed E-state index contributed by atoms with van der Waals surface area (Å²) in [5, 5.41) is 0. The molecule has 2 aliphatic rings. The molecule has 0 spiro atoms. The number of hydrogen-bond donors (Lipinski definition) is 0. The molecule has 1 aliphatic heterocycles. The van der Waals surface area contributed by atoms with Gasteiger partial charge >= 0.3 is 0 Å². The van der Waals surface area contributed by atoms with Crippen molar-refractivity contribution >= 4 is 0 Å². The fraction of sp³-hybridized carbons (Fsp3) is 0.625. The van der Waals surface area contributed by atoms with Gasteiger partial charge in [-0.2, -0.15) is 0 Å². The standard InChI is InChI=1S/C16H22O3/c1-17-14-6-5-11(9-15(14)18-2)8-13-10-12-4-3-7-19-16(12)13/h5-6,9,12-13,16H,3-4,7-8,10H2,1-2H3/t12-,13+,16-/m1/s1. The lowest BCUT2D eigenvalue weighted by molar-refractivity contribution is -0.126. The summed E-state index contributed by atoms with van der Waals surface area (Å²) in [6, 6.07) is 6.22. The van der Waals surface area contributed by atoms with E-state index in [1.807, 2.05) is 6.07 Å². The van der Waals surface area contributed by atoms with Gasteiger partial charge in [-0.1, -0.05) is 6.07 Å². The summed E-state index contributed by atoms with van der Waals surface area (Å²) in [6.07, 6.45) is 5.50. The van der Waals surface area contributed by atoms with Crippen LogP contribution in [-0.2, 0) is 11.2 Å². The molecule has 3 nitrogen and oxygen atoms in total. The van der Waals surface area contributed by atoms with E-state index in [1.165, 1.54) is 24.8 Å². The third-order valence-electron chi connectivity index (χ3n) is 4.51. The molecular weight excluding hydrogens is 240 g/mol. The van der Waals surface area contributed by atoms with E-state index >= 15 is 0 Å². The van der Waals surface area contributed by atoms with E-state index in [1.54, 1.807) is 14.2 Å². The van der Waals surface area contributed by atoms with Gasteiger partial charge in [0.25, 0.3) is 0 Å². The molecule has 19 heavy (non-hydrogen) atoms. The highest BCUT2D eigenvalue weighted by Gasteiger charge is 2.42. The Morgan fingerprint density at radius 3 is 2.79 bits per heavy atom. The van der Waals surface area contributed by atoms with Crippen LogP contribution < -0.4 is 9.47 Å². The molecule has 3 atom stereocenters. The highest BCUT2D eigenvalue weighted by atomic mass is 16.5. The van der Waals surface area contributed by atoms with Crippen LogP contribution in [0.5, 0.6) is 11.5 Å². The van der Waals surface area contributed by atoms with Crippen LogP contribution in [0.2, 0.25) is 0 Å². The molecule has 0 unspecified atom stereocenters. The van der Waals surface area contributed by atoms with Crippen molar-refractivity contribution in [3.05, 3.63) is 23.8 Å². The first-order valence-electron chi connectivity index (χ1n) is 7.14. The van der Waals surface area contributed by atoms with Gasteiger partial charge in [0.2, 0.25) is 0 Å². The molecule has 0 bridgehead atoms. The third-order valence-corrected chi connectivity index (χ3v) is 4.51. The molecule has 3 heteroatoms. The molecule has 0 N–H and O–H groups in total. The van der Waals surface area contributed by atoms with Gasteiger partial charge in [0.1, 0.15) is 0 Å². The van der Waals surface area contributed by atoms with Gasteiger partial charge in [-0.05, 0) is 55.2 Å². The van der Waals surface area contributed by atoms with Crippen molar-refractivity contribution in [1.82, 2.24) is 0 Å². The van der Waals surface area contributed by atoms with E-state index < -0.39 is 0 Å². The Kier molecular flexibility index (Phi) is 3.65. The molecule has 104 valence electrons. The normalized spacial score (nSPS) is 29.3. The Labute approximate surface area is 114 Å². The minimum absolute atomic E-state index is 0.502. The summed E-state index contributed by atoms with van der Waals surface area (Å²) < 4.78 is 16.5. The topological polar surface area (TPSA) is 27.7 Å². The van der Waals surface area contributed by atoms with E-state index in [0.717, 1.165) is 30.4 Å². The lowest BCUT2D eigenvalue weighted by Crippen LogP contribution is -2.47. The van der Waals surface area contributed by atoms with Crippen molar-refractivity contribution < 1.29 is 14.2 Å². The summed E-state index contributed by atoms with van der Waals surface area (Å²) in [4.78, 5) is 0. The summed E-state index contributed by atoms with van der Waals surface area (Å²) in [6.45, 7) is 0.948. The second kappa shape index (κ2) is 5.41. The van der Waals surface area contributed by atoms with Crippen LogP contribution in [0, 0.1) is 11.8 Å². The van der Waals surface area contributed by atoms with Crippen molar-refractivity contribution in [3.63, 3.8) is 0 Å². The number of hydrogen-bond acceptors (Lipinski definition) is 3. The highest BCUT2D eigenvalue weighted by Crippen LogP contribution is 2.44. The Bertz CT molecular complexity index is 444. The zero-order valence-corrected chi connectivity index (χ0v) is 11.7. The van der Waals surface area contributed by atoms with Crippen molar-refractivity contribution in [3.8, 4) is 11.5 Å². The summed E-state index contributed by atoms with van der Waals surface area (Å²) >= 11 is 0. The van der Waals surface area contributed by atoms with Gasteiger partial charge in [-0.15, -0.1) is 0 Å². The molecule has 1 heterocycles. The second-order valence-electron chi connectivity index (χ2n) is 5.63. The summed E-state index contributed by atoms with van der Waals surface area (Å²) in [5.41, 5.74) is 1.32. The smallest absolute Gasteiger partial charge is 0.160 e. The largest absolute Gasteiger partial charge is 0.493 e. The molecule has 0 radical (unpaired) electrons. The number of methoxy groups -OCH3 is 2. The highest BCUT2D eigenvalue weighted by molar-refractivity contribution is 5.43. The van der Waals surface area contributed by atoms with E-state index in [-0.39, 0.29) is 0 Å². The molecule has 1 aromatic carbocycles. The quantitative estimate of drug-likeness (QED) is 0.834. The predicted octanol–water partition coefficient (Wildman–Crippen LogP) is 3.06. The number of ether oxygens (including phenoxy) is 3. The van der Waals surface area contributed by atoms with Crippen LogP contribution in [-0.4, -0.2) is 26.9 Å². The van der Waals surface area contributed by atoms with Gasteiger partial charge in [0.05, 0.1) is 20.3 Å². The van der Waals surface area contributed by atoms with E-state index in [0.29, 0.717) is 12.0 Å². The predicted molar refractivity (Wildman–Crippen MR) is 73.8 cm³/mol. The molecule has 1 saturated carbocycles. The van der Waals surface area contributed by atoms with Gasteiger partial charge < -0.3 is 14.2 Å². The maximum absolute atomic E-state index is 5.91. The Balaban J connectivity index is 1.67. The molecule has 1 aliphatic carbocycles. The number of benzene rings is 1. The first-order valence-corrected chi connectivity index (χ1v) is 7.14. The van der Waals surface area contributed by atoms with E-state index in [2.05, 4.69) is 12.1 Å². The van der Waals surface area contributed by atoms with Gasteiger partial charge in [-0.25, -0.2) is 0 Å². The van der Waals surface area contributed by atoms with Crippen molar-refractivity contribution in [2.24, 2.45) is 11.8 Å². The van der Waals surface area contributed by atoms with E-state index in [4.69, 9.17) is 14.2 Å². The lowest BCUT2D eigenvalue weighted by Gasteiger charge is -2.47. The van der Waals surface area contributed by atoms with Crippen LogP contribution in [0.4, 0.5) is 0 Å². The molecule has 2 fully saturated rings. The molecule has 0 amide bonds. The Morgan fingerprint density at radius 2 is 2.05 bits per heavy atom. The van der Waals surface area contributed by atoms with E-state index in [9.17, 15) is 0 Å². The molecular formula is C16H22O3. The zero-order valence-electron chi connectivity index (χ0n) is 11.7. The van der Waals surface area contributed by atoms with Crippen molar-refractivity contribution in [1.29, 1.82) is 0 Å². The average Bonchev–Trinajstić information content (AvgIpc) is 2.44. The number of rotatable bonds is 4. The minimum Gasteiger partial charge on any atom is -0.493 e. The molecule has 1 saturated heterocycles. The minimum atomic E-state index is 0.502. The Morgan fingerprint density at radius 1 is 1.21 bits per heavy atom. The third kappa shape index (κ3) is 2.44. The van der Waals surface area contributed by atoms with Crippen LogP contribution in [0.1, 0.15) is 24.8 Å². The first-order chi connectivity index (χ1) is 9.31. The van der Waals surface area contributed by atoms with Crippen LogP contribution in [0.3, 0.4) is 0 Å². The second-order valence-corrected chi connectivity index (χ2v) is 5.63. The first kappa shape index (κ1) is 12.8. The monoisotopic (exact) mass is 262 g/mol. The lowest BCUT2D eigenvalue weighted by atomic mass is 9.66. The van der Waals surface area contributed by atoms with Crippen LogP contribution in [0.25, 0.3) is 0 Å². The molecule has 1 aromatic rings. The van der Waals surface area contributed by atoms with Gasteiger partial charge in [-0.3, -0.25) is 0 Å². The fourth-order valence-electron chi connectivity index (χ4n) is 3.48. The van der Waals surface area contributed by atoms with Gasteiger partial charge in [0.15, 0.2) is 11.5 Å². The molecule has 3 rings (SSSR count). The van der Waals surface area contributed by atoms with Crippen molar-refractivity contribution in [2.75, 3.05) is 20.8 Å². The zero-order chi connectivity index (χ0) is 13.2. The summed E-state index contributed by atoms with van der Waals surface area (Å²) in [5.74, 6) is 3.12. The maximum Gasteiger partial charge on any atom is 0.160 e. The Hall–Kier alpha value is -1.22. The number of fused-ring (bicyclic) bond motifs is 1. The van der Waals surface area contributed by atoms with Crippen LogP contribution in [0.15, 0.2) is 18.2 Å². The van der Waals surface area contributed by atoms with Crippen LogP contribution >= 0.6 is 0 Å². The SMILES string of the molecule is COc1ccc(C[C@H]2C[C@H]3CCCO[C@H]32)cc1OC. The summed E-state index contributed by atoms with van der Waals surface area (Å²) in [7, 11) is 3.36. The molecule has 0 aromatic heterocycles. The maximum atomic E-state index is 5.91.